The SMILES string of the molecule is CC(=O)NC(=Cc1ccccc1)C(=O)OCC(=O)OC(C)(C)C. The second-order valence-corrected chi connectivity index (χ2v) is 5.81. The van der Waals surface area contributed by atoms with Crippen LogP contribution in [0.4, 0.5) is 0 Å². The number of rotatable bonds is 5. The predicted molar refractivity (Wildman–Crippen MR) is 85.0 cm³/mol. The average molecular weight is 319 g/mol. The van der Waals surface area contributed by atoms with E-state index < -0.39 is 30.1 Å². The molecule has 124 valence electrons. The van der Waals surface area contributed by atoms with E-state index in [-0.39, 0.29) is 5.70 Å². The first kappa shape index (κ1) is 18.4. The molecule has 0 fully saturated rings. The Morgan fingerprint density at radius 1 is 1.13 bits per heavy atom. The van der Waals surface area contributed by atoms with Gasteiger partial charge in [0.1, 0.15) is 11.3 Å². The van der Waals surface area contributed by atoms with Crippen LogP contribution in [0.3, 0.4) is 0 Å². The van der Waals surface area contributed by atoms with Crippen molar-refractivity contribution in [3.8, 4) is 0 Å². The summed E-state index contributed by atoms with van der Waals surface area (Å²) in [5.41, 5.74) is 0.00170. The van der Waals surface area contributed by atoms with Gasteiger partial charge in [0.15, 0.2) is 6.61 Å². The van der Waals surface area contributed by atoms with Crippen LogP contribution in [0.1, 0.15) is 33.3 Å². The normalized spacial score (nSPS) is 11.6. The van der Waals surface area contributed by atoms with Gasteiger partial charge in [0, 0.05) is 6.92 Å². The van der Waals surface area contributed by atoms with E-state index in [2.05, 4.69) is 5.32 Å². The fraction of sp³-hybridized carbons (Fsp3) is 0.353. The molecule has 0 aromatic heterocycles. The molecule has 0 radical (unpaired) electrons. The van der Waals surface area contributed by atoms with Crippen LogP contribution in [0, 0.1) is 0 Å². The zero-order valence-corrected chi connectivity index (χ0v) is 13.7. The van der Waals surface area contributed by atoms with E-state index in [9.17, 15) is 14.4 Å². The molecular weight excluding hydrogens is 298 g/mol. The summed E-state index contributed by atoms with van der Waals surface area (Å²) in [6.45, 7) is 5.89. The maximum absolute atomic E-state index is 12.0. The minimum Gasteiger partial charge on any atom is -0.457 e. The van der Waals surface area contributed by atoms with E-state index >= 15 is 0 Å². The molecule has 1 rings (SSSR count). The summed E-state index contributed by atoms with van der Waals surface area (Å²) < 4.78 is 9.93. The van der Waals surface area contributed by atoms with Gasteiger partial charge >= 0.3 is 11.9 Å². The standard InChI is InChI=1S/C17H21NO5/c1-12(19)18-14(10-13-8-6-5-7-9-13)16(21)22-11-15(20)23-17(2,3)4/h5-10H,11H2,1-4H3,(H,18,19). The largest absolute Gasteiger partial charge is 0.457 e. The number of nitrogens with one attached hydrogen (secondary N) is 1. The van der Waals surface area contributed by atoms with Gasteiger partial charge in [0.2, 0.25) is 5.91 Å². The number of ether oxygens (including phenoxy) is 2. The van der Waals surface area contributed by atoms with E-state index in [1.54, 1.807) is 45.0 Å². The van der Waals surface area contributed by atoms with Gasteiger partial charge < -0.3 is 14.8 Å². The summed E-state index contributed by atoms with van der Waals surface area (Å²) in [4.78, 5) is 34.8. The summed E-state index contributed by atoms with van der Waals surface area (Å²) in [5.74, 6) is -1.89. The molecule has 0 bridgehead atoms. The second kappa shape index (κ2) is 8.12. The highest BCUT2D eigenvalue weighted by molar-refractivity contribution is 5.98. The molecule has 0 unspecified atom stereocenters. The second-order valence-electron chi connectivity index (χ2n) is 5.81. The Balaban J connectivity index is 2.76. The van der Waals surface area contributed by atoms with Crippen molar-refractivity contribution in [1.29, 1.82) is 0 Å². The highest BCUT2D eigenvalue weighted by Gasteiger charge is 2.19. The molecule has 0 aliphatic heterocycles. The van der Waals surface area contributed by atoms with Gasteiger partial charge in [-0.15, -0.1) is 0 Å². The molecule has 0 aliphatic carbocycles. The van der Waals surface area contributed by atoms with E-state index in [0.29, 0.717) is 5.56 Å². The first-order chi connectivity index (χ1) is 10.7. The van der Waals surface area contributed by atoms with Crippen molar-refractivity contribution in [2.24, 2.45) is 0 Å². The van der Waals surface area contributed by atoms with Crippen LogP contribution in [-0.4, -0.2) is 30.1 Å². The minimum atomic E-state index is -0.810. The van der Waals surface area contributed by atoms with Crippen LogP contribution in [-0.2, 0) is 23.9 Å². The molecule has 0 saturated heterocycles. The number of amides is 1. The Morgan fingerprint density at radius 2 is 1.74 bits per heavy atom. The number of esters is 2. The van der Waals surface area contributed by atoms with Gasteiger partial charge in [-0.05, 0) is 32.4 Å². The Morgan fingerprint density at radius 3 is 2.26 bits per heavy atom. The summed E-state index contributed by atoms with van der Waals surface area (Å²) in [7, 11) is 0. The fourth-order valence-corrected chi connectivity index (χ4v) is 1.62. The molecule has 1 aromatic rings. The first-order valence-electron chi connectivity index (χ1n) is 7.11. The van der Waals surface area contributed by atoms with Crippen LogP contribution >= 0.6 is 0 Å². The molecule has 0 spiro atoms. The molecule has 1 amide bonds. The molecule has 6 nitrogen and oxygen atoms in total. The van der Waals surface area contributed by atoms with Crippen LogP contribution in [0.2, 0.25) is 0 Å². The van der Waals surface area contributed by atoms with Crippen molar-refractivity contribution in [3.05, 3.63) is 41.6 Å². The zero-order chi connectivity index (χ0) is 17.5. The highest BCUT2D eigenvalue weighted by atomic mass is 16.6. The van der Waals surface area contributed by atoms with Crippen molar-refractivity contribution in [2.75, 3.05) is 6.61 Å². The van der Waals surface area contributed by atoms with E-state index in [1.165, 1.54) is 13.0 Å². The minimum absolute atomic E-state index is 0.0488. The smallest absolute Gasteiger partial charge is 0.355 e. The third kappa shape index (κ3) is 7.80. The molecule has 0 aliphatic rings. The van der Waals surface area contributed by atoms with Gasteiger partial charge in [0.05, 0.1) is 0 Å². The number of carbonyl (C=O) groups excluding carboxylic acids is 3. The van der Waals surface area contributed by atoms with Gasteiger partial charge in [-0.25, -0.2) is 9.59 Å². The van der Waals surface area contributed by atoms with Crippen LogP contribution in [0.15, 0.2) is 36.0 Å². The summed E-state index contributed by atoms with van der Waals surface area (Å²) in [6.07, 6.45) is 1.47. The van der Waals surface area contributed by atoms with E-state index in [4.69, 9.17) is 9.47 Å². The molecule has 0 saturated carbocycles. The fourth-order valence-electron chi connectivity index (χ4n) is 1.62. The lowest BCUT2D eigenvalue weighted by Gasteiger charge is -2.19. The number of benzene rings is 1. The first-order valence-corrected chi connectivity index (χ1v) is 7.11. The van der Waals surface area contributed by atoms with Crippen LogP contribution in [0.5, 0.6) is 0 Å². The van der Waals surface area contributed by atoms with Crippen LogP contribution < -0.4 is 5.32 Å². The van der Waals surface area contributed by atoms with E-state index in [0.717, 1.165) is 0 Å². The lowest BCUT2D eigenvalue weighted by atomic mass is 10.2. The average Bonchev–Trinajstić information content (AvgIpc) is 2.43. The van der Waals surface area contributed by atoms with Crippen molar-refractivity contribution in [1.82, 2.24) is 5.32 Å². The Hall–Kier alpha value is -2.63. The molecule has 0 atom stereocenters. The van der Waals surface area contributed by atoms with Gasteiger partial charge in [-0.3, -0.25) is 4.79 Å². The van der Waals surface area contributed by atoms with Crippen molar-refractivity contribution in [2.45, 2.75) is 33.3 Å². The number of hydrogen-bond donors (Lipinski definition) is 1. The lowest BCUT2D eigenvalue weighted by Crippen LogP contribution is -2.30. The predicted octanol–water partition coefficient (Wildman–Crippen LogP) is 2.05. The zero-order valence-electron chi connectivity index (χ0n) is 13.7. The van der Waals surface area contributed by atoms with Gasteiger partial charge in [-0.2, -0.15) is 0 Å². The highest BCUT2D eigenvalue weighted by Crippen LogP contribution is 2.09. The third-order valence-electron chi connectivity index (χ3n) is 2.38. The molecule has 1 N–H and O–H groups in total. The Labute approximate surface area is 135 Å². The Bertz CT molecular complexity index is 599. The monoisotopic (exact) mass is 319 g/mol. The molecule has 6 heteroatoms. The maximum atomic E-state index is 12.0. The maximum Gasteiger partial charge on any atom is 0.355 e. The number of carbonyl (C=O) groups is 3. The summed E-state index contributed by atoms with van der Waals surface area (Å²) in [6, 6.07) is 8.95. The molecular formula is C17H21NO5. The van der Waals surface area contributed by atoms with Crippen molar-refractivity contribution in [3.63, 3.8) is 0 Å². The molecule has 23 heavy (non-hydrogen) atoms. The quantitative estimate of drug-likeness (QED) is 0.663. The topological polar surface area (TPSA) is 81.7 Å². The summed E-state index contributed by atoms with van der Waals surface area (Å²) in [5, 5.41) is 2.40. The van der Waals surface area contributed by atoms with Crippen molar-refractivity contribution >= 4 is 23.9 Å². The van der Waals surface area contributed by atoms with E-state index in [1.807, 2.05) is 6.07 Å². The lowest BCUT2D eigenvalue weighted by molar-refractivity contribution is -0.165. The van der Waals surface area contributed by atoms with Gasteiger partial charge in [0.25, 0.3) is 0 Å². The molecule has 1 aromatic carbocycles. The summed E-state index contributed by atoms with van der Waals surface area (Å²) >= 11 is 0. The Kier molecular flexibility index (Phi) is 6.50. The van der Waals surface area contributed by atoms with Crippen LogP contribution in [0.25, 0.3) is 6.08 Å². The molecule has 0 heterocycles. The van der Waals surface area contributed by atoms with Crippen molar-refractivity contribution < 1.29 is 23.9 Å². The number of hydrogen-bond acceptors (Lipinski definition) is 5. The van der Waals surface area contributed by atoms with Gasteiger partial charge in [-0.1, -0.05) is 30.3 Å². The third-order valence-corrected chi connectivity index (χ3v) is 2.38.